The van der Waals surface area contributed by atoms with E-state index < -0.39 is 5.97 Å². The largest absolute Gasteiger partial charge is 0.506 e. The summed E-state index contributed by atoms with van der Waals surface area (Å²) in [6, 6.07) is 3.38. The van der Waals surface area contributed by atoms with Crippen LogP contribution >= 0.6 is 0 Å². The molecule has 3 heterocycles. The van der Waals surface area contributed by atoms with Crippen LogP contribution in [0.2, 0.25) is 0 Å². The van der Waals surface area contributed by atoms with E-state index in [4.69, 9.17) is 0 Å². The van der Waals surface area contributed by atoms with Crippen molar-refractivity contribution in [1.29, 1.82) is 0 Å². The third-order valence-corrected chi connectivity index (χ3v) is 3.49. The number of aromatic hydroxyl groups is 1. The smallest absolute Gasteiger partial charge is 0.356 e. The Balaban J connectivity index is 2.06. The van der Waals surface area contributed by atoms with E-state index in [-0.39, 0.29) is 11.4 Å². The first-order chi connectivity index (χ1) is 9.15. The highest BCUT2D eigenvalue weighted by Gasteiger charge is 2.21. The van der Waals surface area contributed by atoms with Gasteiger partial charge in [0, 0.05) is 12.5 Å². The van der Waals surface area contributed by atoms with Gasteiger partial charge in [-0.2, -0.15) is 0 Å². The van der Waals surface area contributed by atoms with Crippen LogP contribution in [0, 0.1) is 0 Å². The molecule has 3 N–H and O–H groups in total. The van der Waals surface area contributed by atoms with Crippen LogP contribution in [-0.2, 0) is 6.42 Å². The van der Waals surface area contributed by atoms with Crippen LogP contribution in [-0.4, -0.2) is 38.2 Å². The number of nitrogens with one attached hydrogen (secondary N) is 1. The molecule has 0 spiro atoms. The minimum Gasteiger partial charge on any atom is -0.506 e. The van der Waals surface area contributed by atoms with E-state index in [1.54, 1.807) is 10.5 Å². The summed E-state index contributed by atoms with van der Waals surface area (Å²) in [5.41, 5.74) is 0.547. The van der Waals surface area contributed by atoms with Crippen LogP contribution in [0.3, 0.4) is 0 Å². The number of imidazole rings is 1. The van der Waals surface area contributed by atoms with Gasteiger partial charge in [0.15, 0.2) is 5.69 Å². The topological polar surface area (TPSA) is 86.9 Å². The number of aromatic nitrogens is 2. The third-order valence-electron chi connectivity index (χ3n) is 3.49. The van der Waals surface area contributed by atoms with E-state index in [2.05, 4.69) is 10.3 Å². The summed E-state index contributed by atoms with van der Waals surface area (Å²) in [5.74, 6) is -0.279. The highest BCUT2D eigenvalue weighted by Crippen LogP contribution is 2.20. The van der Waals surface area contributed by atoms with Gasteiger partial charge in [-0.1, -0.05) is 0 Å². The Labute approximate surface area is 109 Å². The molecule has 6 nitrogen and oxygen atoms in total. The molecular formula is C13H15N3O3. The predicted octanol–water partition coefficient (Wildman–Crippen LogP) is 1.03. The van der Waals surface area contributed by atoms with E-state index in [1.165, 1.54) is 12.3 Å². The van der Waals surface area contributed by atoms with Crippen molar-refractivity contribution in [3.05, 3.63) is 29.8 Å². The number of pyridine rings is 1. The second kappa shape index (κ2) is 4.55. The average Bonchev–Trinajstić information content (AvgIpc) is 2.98. The summed E-state index contributed by atoms with van der Waals surface area (Å²) < 4.78 is 1.67. The Morgan fingerprint density at radius 3 is 3.05 bits per heavy atom. The van der Waals surface area contributed by atoms with Gasteiger partial charge in [-0.15, -0.1) is 0 Å². The molecule has 19 heavy (non-hydrogen) atoms. The first kappa shape index (κ1) is 12.0. The molecule has 100 valence electrons. The fourth-order valence-corrected chi connectivity index (χ4v) is 2.59. The number of nitrogens with zero attached hydrogens (tertiary/aromatic N) is 2. The van der Waals surface area contributed by atoms with Crippen LogP contribution in [0.25, 0.3) is 5.52 Å². The first-order valence-corrected chi connectivity index (χ1v) is 6.32. The lowest BCUT2D eigenvalue weighted by molar-refractivity contribution is 0.0693. The number of fused-ring (bicyclic) bond motifs is 1. The molecule has 1 unspecified atom stereocenters. The quantitative estimate of drug-likeness (QED) is 0.768. The minimum absolute atomic E-state index is 0.0352. The first-order valence-electron chi connectivity index (χ1n) is 6.32. The van der Waals surface area contributed by atoms with Crippen molar-refractivity contribution < 1.29 is 15.0 Å². The molecule has 0 aliphatic carbocycles. The second-order valence-electron chi connectivity index (χ2n) is 4.82. The zero-order valence-corrected chi connectivity index (χ0v) is 10.3. The summed E-state index contributed by atoms with van der Waals surface area (Å²) >= 11 is 0. The monoisotopic (exact) mass is 261 g/mol. The van der Waals surface area contributed by atoms with Crippen molar-refractivity contribution in [1.82, 2.24) is 14.7 Å². The van der Waals surface area contributed by atoms with Gasteiger partial charge < -0.3 is 15.5 Å². The summed E-state index contributed by atoms with van der Waals surface area (Å²) in [7, 11) is 0. The Hall–Kier alpha value is -2.08. The number of rotatable bonds is 3. The van der Waals surface area contributed by atoms with Gasteiger partial charge in [-0.25, -0.2) is 9.78 Å². The van der Waals surface area contributed by atoms with Gasteiger partial charge in [-0.3, -0.25) is 4.40 Å². The van der Waals surface area contributed by atoms with Crippen molar-refractivity contribution in [2.45, 2.75) is 25.3 Å². The molecule has 0 saturated carbocycles. The standard InChI is InChI=1S/C13H15N3O3/c17-9-3-4-10-12(13(18)19)15-11(16(10)7-9)6-8-2-1-5-14-8/h3-4,7-8,14,17H,1-2,5-6H2,(H,18,19). The van der Waals surface area contributed by atoms with Gasteiger partial charge in [0.05, 0.1) is 11.7 Å². The van der Waals surface area contributed by atoms with E-state index in [0.717, 1.165) is 19.4 Å². The summed E-state index contributed by atoms with van der Waals surface area (Å²) in [6.07, 6.45) is 4.37. The lowest BCUT2D eigenvalue weighted by Gasteiger charge is -2.08. The van der Waals surface area contributed by atoms with Crippen molar-refractivity contribution in [2.75, 3.05) is 6.54 Å². The van der Waals surface area contributed by atoms with E-state index >= 15 is 0 Å². The lowest BCUT2D eigenvalue weighted by Crippen LogP contribution is -2.24. The molecule has 2 aromatic rings. The Bertz CT molecular complexity index is 629. The molecule has 1 atom stereocenters. The summed E-state index contributed by atoms with van der Waals surface area (Å²) in [4.78, 5) is 15.4. The predicted molar refractivity (Wildman–Crippen MR) is 68.5 cm³/mol. The molecule has 0 bridgehead atoms. The molecule has 3 rings (SSSR count). The van der Waals surface area contributed by atoms with E-state index in [0.29, 0.717) is 23.8 Å². The van der Waals surface area contributed by atoms with Gasteiger partial charge >= 0.3 is 5.97 Å². The van der Waals surface area contributed by atoms with Crippen LogP contribution < -0.4 is 5.32 Å². The maximum Gasteiger partial charge on any atom is 0.356 e. The Morgan fingerprint density at radius 1 is 1.53 bits per heavy atom. The molecule has 1 fully saturated rings. The van der Waals surface area contributed by atoms with Crippen LogP contribution in [0.5, 0.6) is 5.75 Å². The molecule has 6 heteroatoms. The van der Waals surface area contributed by atoms with Crippen molar-refractivity contribution in [2.24, 2.45) is 0 Å². The number of carboxylic acids is 1. The summed E-state index contributed by atoms with van der Waals surface area (Å²) in [6.45, 7) is 0.991. The molecule has 0 radical (unpaired) electrons. The number of hydrogen-bond donors (Lipinski definition) is 3. The zero-order chi connectivity index (χ0) is 13.4. The molecular weight excluding hydrogens is 246 g/mol. The van der Waals surface area contributed by atoms with E-state index in [9.17, 15) is 15.0 Å². The molecule has 0 amide bonds. The van der Waals surface area contributed by atoms with Gasteiger partial charge in [0.1, 0.15) is 11.6 Å². The number of aromatic carboxylic acids is 1. The maximum absolute atomic E-state index is 11.2. The van der Waals surface area contributed by atoms with Crippen molar-refractivity contribution in [3.63, 3.8) is 0 Å². The fourth-order valence-electron chi connectivity index (χ4n) is 2.59. The molecule has 1 aliphatic rings. The second-order valence-corrected chi connectivity index (χ2v) is 4.82. The molecule has 1 aliphatic heterocycles. The van der Waals surface area contributed by atoms with Crippen molar-refractivity contribution >= 4 is 11.5 Å². The molecule has 1 saturated heterocycles. The van der Waals surface area contributed by atoms with Gasteiger partial charge in [0.2, 0.25) is 0 Å². The van der Waals surface area contributed by atoms with Crippen molar-refractivity contribution in [3.8, 4) is 5.75 Å². The van der Waals surface area contributed by atoms with Crippen LogP contribution in [0.15, 0.2) is 18.3 Å². The van der Waals surface area contributed by atoms with Crippen LogP contribution in [0.1, 0.15) is 29.2 Å². The number of carboxylic acid groups (broad SMARTS) is 1. The third kappa shape index (κ3) is 2.15. The van der Waals surface area contributed by atoms with Gasteiger partial charge in [0.25, 0.3) is 0 Å². The normalized spacial score (nSPS) is 19.1. The summed E-state index contributed by atoms with van der Waals surface area (Å²) in [5, 5.41) is 22.1. The fraction of sp³-hybridized carbons (Fsp3) is 0.385. The van der Waals surface area contributed by atoms with E-state index in [1.807, 2.05) is 0 Å². The highest BCUT2D eigenvalue weighted by atomic mass is 16.4. The minimum atomic E-state index is -1.05. The average molecular weight is 261 g/mol. The lowest BCUT2D eigenvalue weighted by atomic mass is 10.1. The number of carbonyl (C=O) groups is 1. The maximum atomic E-state index is 11.2. The highest BCUT2D eigenvalue weighted by molar-refractivity contribution is 5.93. The molecule has 2 aromatic heterocycles. The Morgan fingerprint density at radius 2 is 2.37 bits per heavy atom. The van der Waals surface area contributed by atoms with Crippen LogP contribution in [0.4, 0.5) is 0 Å². The van der Waals surface area contributed by atoms with Gasteiger partial charge in [-0.05, 0) is 31.5 Å². The molecule has 0 aromatic carbocycles. The zero-order valence-electron chi connectivity index (χ0n) is 10.3. The Kier molecular flexibility index (Phi) is 2.87. The SMILES string of the molecule is O=C(O)c1nc(CC2CCCN2)n2cc(O)ccc12. The number of hydrogen-bond acceptors (Lipinski definition) is 4.